The molecule has 3 aromatic carbocycles. The maximum atomic E-state index is 12.7. The van der Waals surface area contributed by atoms with Crippen LogP contribution in [0.2, 0.25) is 0 Å². The third-order valence-electron chi connectivity index (χ3n) is 4.97. The fourth-order valence-corrected chi connectivity index (χ4v) is 3.31. The SMILES string of the molecule is CCn1nnc2cc(C(=O)O[C@@H](C)C(=O)Nc3ccccc3-c3ccccc3)ccc21. The van der Waals surface area contributed by atoms with Crippen LogP contribution in [-0.4, -0.2) is 33.0 Å². The van der Waals surface area contributed by atoms with E-state index in [1.165, 1.54) is 0 Å². The zero-order chi connectivity index (χ0) is 21.8. The number of para-hydroxylation sites is 1. The lowest BCUT2D eigenvalue weighted by atomic mass is 10.0. The van der Waals surface area contributed by atoms with Crippen molar-refractivity contribution in [2.75, 3.05) is 5.32 Å². The minimum atomic E-state index is -0.974. The number of hydrogen-bond donors (Lipinski definition) is 1. The molecule has 1 amide bonds. The van der Waals surface area contributed by atoms with Crippen molar-refractivity contribution < 1.29 is 14.3 Å². The summed E-state index contributed by atoms with van der Waals surface area (Å²) in [4.78, 5) is 25.3. The number of ether oxygens (including phenoxy) is 1. The second-order valence-corrected chi connectivity index (χ2v) is 7.06. The molecule has 1 heterocycles. The van der Waals surface area contributed by atoms with E-state index in [9.17, 15) is 9.59 Å². The van der Waals surface area contributed by atoms with Crippen LogP contribution < -0.4 is 5.32 Å². The number of nitrogens with zero attached hydrogens (tertiary/aromatic N) is 3. The second kappa shape index (κ2) is 8.79. The molecule has 0 bridgehead atoms. The van der Waals surface area contributed by atoms with Gasteiger partial charge in [-0.1, -0.05) is 53.7 Å². The summed E-state index contributed by atoms with van der Waals surface area (Å²) in [6.07, 6.45) is -0.974. The molecule has 0 spiro atoms. The van der Waals surface area contributed by atoms with E-state index in [1.54, 1.807) is 29.8 Å². The smallest absolute Gasteiger partial charge is 0.338 e. The molecule has 7 heteroatoms. The van der Waals surface area contributed by atoms with Crippen molar-refractivity contribution in [3.63, 3.8) is 0 Å². The lowest BCUT2D eigenvalue weighted by Gasteiger charge is -2.16. The predicted molar refractivity (Wildman–Crippen MR) is 119 cm³/mol. The van der Waals surface area contributed by atoms with Crippen molar-refractivity contribution in [1.29, 1.82) is 0 Å². The first-order chi connectivity index (χ1) is 15.1. The lowest BCUT2D eigenvalue weighted by Crippen LogP contribution is -2.30. The molecule has 31 heavy (non-hydrogen) atoms. The Morgan fingerprint density at radius 3 is 2.55 bits per heavy atom. The highest BCUT2D eigenvalue weighted by atomic mass is 16.5. The van der Waals surface area contributed by atoms with Crippen LogP contribution in [0.3, 0.4) is 0 Å². The number of rotatable bonds is 6. The molecule has 156 valence electrons. The van der Waals surface area contributed by atoms with E-state index >= 15 is 0 Å². The Morgan fingerprint density at radius 2 is 1.77 bits per heavy atom. The summed E-state index contributed by atoms with van der Waals surface area (Å²) in [6, 6.07) is 22.3. The van der Waals surface area contributed by atoms with Gasteiger partial charge >= 0.3 is 5.97 Å². The first-order valence-electron chi connectivity index (χ1n) is 10.1. The maximum Gasteiger partial charge on any atom is 0.338 e. The summed E-state index contributed by atoms with van der Waals surface area (Å²) in [6.45, 7) is 4.19. The van der Waals surface area contributed by atoms with Crippen LogP contribution in [0.4, 0.5) is 5.69 Å². The number of aryl methyl sites for hydroxylation is 1. The predicted octanol–water partition coefficient (Wildman–Crippen LogP) is 4.30. The number of fused-ring (bicyclic) bond motifs is 1. The number of esters is 1. The van der Waals surface area contributed by atoms with Gasteiger partial charge in [-0.25, -0.2) is 9.48 Å². The minimum absolute atomic E-state index is 0.319. The van der Waals surface area contributed by atoms with Gasteiger partial charge < -0.3 is 10.1 Å². The summed E-state index contributed by atoms with van der Waals surface area (Å²) in [5.41, 5.74) is 4.28. The molecular formula is C24H22N4O3. The topological polar surface area (TPSA) is 86.1 Å². The number of hydrogen-bond acceptors (Lipinski definition) is 5. The zero-order valence-electron chi connectivity index (χ0n) is 17.3. The minimum Gasteiger partial charge on any atom is -0.449 e. The van der Waals surface area contributed by atoms with Crippen molar-refractivity contribution in [1.82, 2.24) is 15.0 Å². The van der Waals surface area contributed by atoms with Gasteiger partial charge in [-0.05, 0) is 43.7 Å². The second-order valence-electron chi connectivity index (χ2n) is 7.06. The Hall–Kier alpha value is -4.00. The van der Waals surface area contributed by atoms with Gasteiger partial charge in [-0.15, -0.1) is 5.10 Å². The average molecular weight is 414 g/mol. The summed E-state index contributed by atoms with van der Waals surface area (Å²) in [5.74, 6) is -0.998. The molecule has 0 saturated heterocycles. The monoisotopic (exact) mass is 414 g/mol. The molecule has 0 saturated carbocycles. The van der Waals surface area contributed by atoms with E-state index in [0.29, 0.717) is 23.3 Å². The summed E-state index contributed by atoms with van der Waals surface area (Å²) in [7, 11) is 0. The maximum absolute atomic E-state index is 12.7. The van der Waals surface area contributed by atoms with Crippen molar-refractivity contribution >= 4 is 28.6 Å². The summed E-state index contributed by atoms with van der Waals surface area (Å²) in [5, 5.41) is 11.0. The standard InChI is InChI=1S/C24H22N4O3/c1-3-28-22-14-13-18(15-21(22)26-27-28)24(30)31-16(2)23(29)25-20-12-8-7-11-19(20)17-9-5-4-6-10-17/h4-16H,3H2,1-2H3,(H,25,29)/t16-/m0/s1. The summed E-state index contributed by atoms with van der Waals surface area (Å²) >= 11 is 0. The Labute approximate surface area is 179 Å². The van der Waals surface area contributed by atoms with Crippen molar-refractivity contribution in [2.24, 2.45) is 0 Å². The zero-order valence-corrected chi connectivity index (χ0v) is 17.3. The summed E-state index contributed by atoms with van der Waals surface area (Å²) < 4.78 is 7.13. The quantitative estimate of drug-likeness (QED) is 0.475. The Kier molecular flexibility index (Phi) is 5.75. The number of carbonyl (C=O) groups excluding carboxylic acids is 2. The highest BCUT2D eigenvalue weighted by Gasteiger charge is 2.21. The first kappa shape index (κ1) is 20.3. The third kappa shape index (κ3) is 4.30. The molecule has 4 aromatic rings. The van der Waals surface area contributed by atoms with E-state index in [1.807, 2.05) is 61.5 Å². The molecule has 0 unspecified atom stereocenters. The number of aromatic nitrogens is 3. The van der Waals surface area contributed by atoms with Crippen molar-refractivity contribution in [3.05, 3.63) is 78.4 Å². The lowest BCUT2D eigenvalue weighted by molar-refractivity contribution is -0.123. The Balaban J connectivity index is 1.46. The molecule has 1 aromatic heterocycles. The molecular weight excluding hydrogens is 392 g/mol. The van der Waals surface area contributed by atoms with Crippen LogP contribution in [0.1, 0.15) is 24.2 Å². The van der Waals surface area contributed by atoms with Crippen LogP contribution in [0.25, 0.3) is 22.2 Å². The molecule has 0 aliphatic carbocycles. The molecule has 7 nitrogen and oxygen atoms in total. The van der Waals surface area contributed by atoms with E-state index in [4.69, 9.17) is 4.74 Å². The van der Waals surface area contributed by atoms with Crippen molar-refractivity contribution in [3.8, 4) is 11.1 Å². The van der Waals surface area contributed by atoms with Gasteiger partial charge in [-0.2, -0.15) is 0 Å². The molecule has 0 aliphatic heterocycles. The van der Waals surface area contributed by atoms with Gasteiger partial charge in [0.1, 0.15) is 5.52 Å². The Bertz CT molecular complexity index is 1230. The van der Waals surface area contributed by atoms with Gasteiger partial charge in [-0.3, -0.25) is 4.79 Å². The normalized spacial score (nSPS) is 11.8. The largest absolute Gasteiger partial charge is 0.449 e. The average Bonchev–Trinajstić information content (AvgIpc) is 3.22. The third-order valence-corrected chi connectivity index (χ3v) is 4.97. The number of carbonyl (C=O) groups is 2. The van der Waals surface area contributed by atoms with Gasteiger partial charge in [0.15, 0.2) is 6.10 Å². The van der Waals surface area contributed by atoms with E-state index in [-0.39, 0.29) is 0 Å². The molecule has 0 radical (unpaired) electrons. The van der Waals surface area contributed by atoms with Gasteiger partial charge in [0.25, 0.3) is 5.91 Å². The van der Waals surface area contributed by atoms with Crippen LogP contribution in [0, 0.1) is 0 Å². The Morgan fingerprint density at radius 1 is 1.03 bits per heavy atom. The van der Waals surface area contributed by atoms with Crippen LogP contribution in [0.15, 0.2) is 72.8 Å². The number of nitrogens with one attached hydrogen (secondary N) is 1. The van der Waals surface area contributed by atoms with E-state index < -0.39 is 18.0 Å². The highest BCUT2D eigenvalue weighted by Crippen LogP contribution is 2.27. The van der Waals surface area contributed by atoms with E-state index in [0.717, 1.165) is 16.6 Å². The van der Waals surface area contributed by atoms with Crippen LogP contribution in [-0.2, 0) is 16.1 Å². The van der Waals surface area contributed by atoms with E-state index in [2.05, 4.69) is 15.6 Å². The number of benzene rings is 3. The fraction of sp³-hybridized carbons (Fsp3) is 0.167. The molecule has 0 fully saturated rings. The van der Waals surface area contributed by atoms with Gasteiger partial charge in [0, 0.05) is 17.8 Å². The number of anilines is 1. The van der Waals surface area contributed by atoms with Crippen LogP contribution >= 0.6 is 0 Å². The molecule has 0 aliphatic rings. The molecule has 1 N–H and O–H groups in total. The van der Waals surface area contributed by atoms with Crippen molar-refractivity contribution in [2.45, 2.75) is 26.5 Å². The first-order valence-corrected chi connectivity index (χ1v) is 10.1. The highest BCUT2D eigenvalue weighted by molar-refractivity contribution is 6.00. The molecule has 1 atom stereocenters. The molecule has 4 rings (SSSR count). The number of amides is 1. The fourth-order valence-electron chi connectivity index (χ4n) is 3.31. The van der Waals surface area contributed by atoms with Gasteiger partial charge in [0.05, 0.1) is 11.1 Å². The van der Waals surface area contributed by atoms with Gasteiger partial charge in [0.2, 0.25) is 0 Å². The van der Waals surface area contributed by atoms with Crippen LogP contribution in [0.5, 0.6) is 0 Å².